The van der Waals surface area contributed by atoms with Gasteiger partial charge in [0.15, 0.2) is 0 Å². The Balaban J connectivity index is 2.04. The van der Waals surface area contributed by atoms with Gasteiger partial charge in [0.2, 0.25) is 5.95 Å². The fourth-order valence-electron chi connectivity index (χ4n) is 2.92. The minimum atomic E-state index is -0.347. The van der Waals surface area contributed by atoms with Crippen LogP contribution in [0.3, 0.4) is 0 Å². The number of aliphatic hydroxyl groups excluding tert-OH is 1. The van der Waals surface area contributed by atoms with E-state index in [1.54, 1.807) is 12.4 Å². The molecule has 2 aromatic rings. The van der Waals surface area contributed by atoms with Crippen LogP contribution in [0.15, 0.2) is 12.4 Å². The lowest BCUT2D eigenvalue weighted by Gasteiger charge is -2.36. The van der Waals surface area contributed by atoms with Crippen LogP contribution in [-0.2, 0) is 0 Å². The minimum absolute atomic E-state index is 0.136. The average molecular weight is 330 g/mol. The van der Waals surface area contributed by atoms with Gasteiger partial charge in [0.05, 0.1) is 23.4 Å². The van der Waals surface area contributed by atoms with Crippen LogP contribution in [0.4, 0.5) is 17.5 Å². The highest BCUT2D eigenvalue weighted by Crippen LogP contribution is 2.31. The normalized spacial score (nSPS) is 22.0. The molecule has 1 fully saturated rings. The SMILES string of the molecule is C[C@@H]1CCN(c2cnc(N)c3cnc(NC(C)(C)C)nc23)C[C@H]1O. The summed E-state index contributed by atoms with van der Waals surface area (Å²) >= 11 is 0. The van der Waals surface area contributed by atoms with Crippen LogP contribution in [-0.4, -0.2) is 44.8 Å². The van der Waals surface area contributed by atoms with Gasteiger partial charge in [0, 0.05) is 24.8 Å². The molecule has 0 unspecified atom stereocenters. The topological polar surface area (TPSA) is 100 Å². The van der Waals surface area contributed by atoms with Crippen LogP contribution < -0.4 is 16.0 Å². The number of anilines is 3. The zero-order valence-electron chi connectivity index (χ0n) is 14.7. The van der Waals surface area contributed by atoms with Crippen molar-refractivity contribution in [1.29, 1.82) is 0 Å². The minimum Gasteiger partial charge on any atom is -0.391 e. The lowest BCUT2D eigenvalue weighted by molar-refractivity contribution is 0.103. The molecule has 0 radical (unpaired) electrons. The lowest BCUT2D eigenvalue weighted by atomic mass is 9.95. The van der Waals surface area contributed by atoms with Gasteiger partial charge in [-0.05, 0) is 33.1 Å². The molecule has 4 N–H and O–H groups in total. The molecule has 2 aromatic heterocycles. The number of piperidine rings is 1. The molecule has 0 aromatic carbocycles. The summed E-state index contributed by atoms with van der Waals surface area (Å²) in [6, 6.07) is 0. The molecule has 0 aliphatic carbocycles. The van der Waals surface area contributed by atoms with Gasteiger partial charge in [0.1, 0.15) is 11.3 Å². The van der Waals surface area contributed by atoms with Crippen LogP contribution in [0.1, 0.15) is 34.1 Å². The smallest absolute Gasteiger partial charge is 0.223 e. The Kier molecular flexibility index (Phi) is 4.21. The van der Waals surface area contributed by atoms with E-state index >= 15 is 0 Å². The van der Waals surface area contributed by atoms with Gasteiger partial charge >= 0.3 is 0 Å². The molecule has 7 nitrogen and oxygen atoms in total. The van der Waals surface area contributed by atoms with E-state index in [0.717, 1.165) is 29.6 Å². The number of β-amino-alcohol motifs (C(OH)–C–C–N with tert-alkyl or cyclic N) is 1. The molecule has 24 heavy (non-hydrogen) atoms. The molecule has 7 heteroatoms. The number of aromatic nitrogens is 3. The quantitative estimate of drug-likeness (QED) is 0.774. The fourth-order valence-corrected chi connectivity index (χ4v) is 2.92. The molecule has 0 saturated carbocycles. The largest absolute Gasteiger partial charge is 0.391 e. The van der Waals surface area contributed by atoms with Gasteiger partial charge in [-0.15, -0.1) is 0 Å². The third kappa shape index (κ3) is 3.36. The molecule has 0 spiro atoms. The highest BCUT2D eigenvalue weighted by molar-refractivity contribution is 5.96. The van der Waals surface area contributed by atoms with E-state index in [4.69, 9.17) is 5.73 Å². The zero-order valence-corrected chi connectivity index (χ0v) is 14.7. The first kappa shape index (κ1) is 16.7. The van der Waals surface area contributed by atoms with Crippen molar-refractivity contribution in [2.24, 2.45) is 5.92 Å². The van der Waals surface area contributed by atoms with Crippen LogP contribution in [0.5, 0.6) is 0 Å². The summed E-state index contributed by atoms with van der Waals surface area (Å²) < 4.78 is 0. The van der Waals surface area contributed by atoms with Crippen molar-refractivity contribution in [3.05, 3.63) is 12.4 Å². The number of hydrogen-bond donors (Lipinski definition) is 3. The second-order valence-electron chi connectivity index (χ2n) is 7.64. The van der Waals surface area contributed by atoms with E-state index in [1.807, 2.05) is 0 Å². The van der Waals surface area contributed by atoms with E-state index in [0.29, 0.717) is 24.2 Å². The van der Waals surface area contributed by atoms with Crippen molar-refractivity contribution in [1.82, 2.24) is 15.0 Å². The van der Waals surface area contributed by atoms with Gasteiger partial charge in [-0.1, -0.05) is 6.92 Å². The van der Waals surface area contributed by atoms with Crippen molar-refractivity contribution in [2.75, 3.05) is 29.0 Å². The molecule has 1 aliphatic rings. The van der Waals surface area contributed by atoms with E-state index in [2.05, 4.69) is 52.9 Å². The molecule has 2 atom stereocenters. The molecule has 0 bridgehead atoms. The van der Waals surface area contributed by atoms with E-state index < -0.39 is 0 Å². The predicted octanol–water partition coefficient (Wildman–Crippen LogP) is 2.02. The predicted molar refractivity (Wildman–Crippen MR) is 97.1 cm³/mol. The number of pyridine rings is 1. The Morgan fingerprint density at radius 1 is 1.29 bits per heavy atom. The standard InChI is InChI=1S/C17H26N6O/c1-10-5-6-23(9-13(10)24)12-8-19-15(18)11-7-20-16(21-14(11)12)22-17(2,3)4/h7-8,10,13,24H,5-6,9H2,1-4H3,(H2,18,19)(H,20,21,22)/t10-,13-/m1/s1. The molecule has 1 saturated heterocycles. The maximum Gasteiger partial charge on any atom is 0.223 e. The summed E-state index contributed by atoms with van der Waals surface area (Å²) in [5, 5.41) is 14.2. The van der Waals surface area contributed by atoms with Crippen molar-refractivity contribution in [2.45, 2.75) is 45.8 Å². The Morgan fingerprint density at radius 2 is 2.04 bits per heavy atom. The number of fused-ring (bicyclic) bond motifs is 1. The van der Waals surface area contributed by atoms with E-state index in [9.17, 15) is 5.11 Å². The first-order valence-corrected chi connectivity index (χ1v) is 8.37. The number of nitrogens with two attached hydrogens (primary N) is 1. The monoisotopic (exact) mass is 330 g/mol. The van der Waals surface area contributed by atoms with Gasteiger partial charge in [-0.25, -0.2) is 15.0 Å². The highest BCUT2D eigenvalue weighted by atomic mass is 16.3. The molecule has 3 rings (SSSR count). The van der Waals surface area contributed by atoms with Crippen molar-refractivity contribution in [3.8, 4) is 0 Å². The van der Waals surface area contributed by atoms with Gasteiger partial charge in [-0.3, -0.25) is 0 Å². The van der Waals surface area contributed by atoms with Gasteiger partial charge in [-0.2, -0.15) is 0 Å². The number of aliphatic hydroxyl groups is 1. The Morgan fingerprint density at radius 3 is 2.71 bits per heavy atom. The second kappa shape index (κ2) is 6.05. The summed E-state index contributed by atoms with van der Waals surface area (Å²) in [7, 11) is 0. The van der Waals surface area contributed by atoms with Gasteiger partial charge < -0.3 is 21.1 Å². The van der Waals surface area contributed by atoms with Gasteiger partial charge in [0.25, 0.3) is 0 Å². The average Bonchev–Trinajstić information content (AvgIpc) is 2.49. The maximum atomic E-state index is 10.2. The van der Waals surface area contributed by atoms with Crippen molar-refractivity contribution >= 4 is 28.4 Å². The molecular weight excluding hydrogens is 304 g/mol. The molecule has 3 heterocycles. The first-order valence-electron chi connectivity index (χ1n) is 8.37. The highest BCUT2D eigenvalue weighted by Gasteiger charge is 2.26. The Hall–Kier alpha value is -2.15. The molecule has 1 aliphatic heterocycles. The third-order valence-corrected chi connectivity index (χ3v) is 4.38. The van der Waals surface area contributed by atoms with Crippen LogP contribution in [0, 0.1) is 5.92 Å². The van der Waals surface area contributed by atoms with Crippen molar-refractivity contribution in [3.63, 3.8) is 0 Å². The number of rotatable bonds is 2. The van der Waals surface area contributed by atoms with E-state index in [-0.39, 0.29) is 11.6 Å². The fraction of sp³-hybridized carbons (Fsp3) is 0.588. The number of nitrogen functional groups attached to an aromatic ring is 1. The second-order valence-corrected chi connectivity index (χ2v) is 7.64. The van der Waals surface area contributed by atoms with Crippen molar-refractivity contribution < 1.29 is 5.11 Å². The molecular formula is C17H26N6O. The van der Waals surface area contributed by atoms with E-state index in [1.165, 1.54) is 0 Å². The summed E-state index contributed by atoms with van der Waals surface area (Å²) in [5.41, 5.74) is 7.53. The number of nitrogens with zero attached hydrogens (tertiary/aromatic N) is 4. The number of nitrogens with one attached hydrogen (secondary N) is 1. The maximum absolute atomic E-state index is 10.2. The zero-order chi connectivity index (χ0) is 17.5. The van der Waals surface area contributed by atoms with Crippen LogP contribution in [0.2, 0.25) is 0 Å². The third-order valence-electron chi connectivity index (χ3n) is 4.38. The van der Waals surface area contributed by atoms with Crippen LogP contribution in [0.25, 0.3) is 10.9 Å². The summed E-state index contributed by atoms with van der Waals surface area (Å²) in [4.78, 5) is 15.4. The first-order chi connectivity index (χ1) is 11.2. The Bertz CT molecular complexity index is 742. The summed E-state index contributed by atoms with van der Waals surface area (Å²) in [6.45, 7) is 9.70. The Labute approximate surface area is 142 Å². The number of hydrogen-bond acceptors (Lipinski definition) is 7. The summed E-state index contributed by atoms with van der Waals surface area (Å²) in [6.07, 6.45) is 4.05. The molecule has 130 valence electrons. The van der Waals surface area contributed by atoms with Crippen LogP contribution >= 0.6 is 0 Å². The summed E-state index contributed by atoms with van der Waals surface area (Å²) in [5.74, 6) is 1.29. The molecule has 0 amide bonds. The lowest BCUT2D eigenvalue weighted by Crippen LogP contribution is -2.43.